The molecule has 1 aliphatic rings. The number of halogens is 2. The number of hydrogen-bond donors (Lipinski definition) is 2. The number of aliphatic carboxylic acids is 1. The van der Waals surface area contributed by atoms with Gasteiger partial charge in [0.15, 0.2) is 5.82 Å². The number of nitrogen functional groups attached to an aromatic ring is 1. The van der Waals surface area contributed by atoms with Crippen molar-refractivity contribution < 1.29 is 14.3 Å². The number of nitrogens with zero attached hydrogens (tertiary/aromatic N) is 1. The minimum Gasteiger partial charge on any atom is -0.480 e. The van der Waals surface area contributed by atoms with Crippen LogP contribution in [-0.4, -0.2) is 23.7 Å². The Morgan fingerprint density at radius 2 is 2.29 bits per heavy atom. The molecule has 0 bridgehead atoms. The summed E-state index contributed by atoms with van der Waals surface area (Å²) in [5.74, 6) is -1.44. The summed E-state index contributed by atoms with van der Waals surface area (Å²) in [4.78, 5) is 12.7. The van der Waals surface area contributed by atoms with E-state index in [1.54, 1.807) is 11.0 Å². The Kier molecular flexibility index (Phi) is 3.24. The second-order valence-corrected chi connectivity index (χ2v) is 4.84. The summed E-state index contributed by atoms with van der Waals surface area (Å²) >= 11 is 3.04. The van der Waals surface area contributed by atoms with E-state index in [1.165, 1.54) is 6.07 Å². The molecule has 0 aromatic heterocycles. The molecule has 1 aliphatic heterocycles. The Balaban J connectivity index is 2.40. The van der Waals surface area contributed by atoms with Gasteiger partial charge < -0.3 is 15.7 Å². The molecule has 4 nitrogen and oxygen atoms in total. The van der Waals surface area contributed by atoms with E-state index in [0.717, 1.165) is 6.42 Å². The van der Waals surface area contributed by atoms with Gasteiger partial charge in [0, 0.05) is 6.54 Å². The number of carbonyl (C=O) groups is 1. The van der Waals surface area contributed by atoms with Crippen LogP contribution in [0.3, 0.4) is 0 Å². The molecule has 1 atom stereocenters. The maximum atomic E-state index is 13.6. The first-order valence-corrected chi connectivity index (χ1v) is 6.04. The lowest BCUT2D eigenvalue weighted by Gasteiger charge is -2.25. The van der Waals surface area contributed by atoms with Gasteiger partial charge in [0.1, 0.15) is 6.04 Å². The first kappa shape index (κ1) is 12.2. The molecule has 0 unspecified atom stereocenters. The van der Waals surface area contributed by atoms with E-state index in [-0.39, 0.29) is 10.2 Å². The monoisotopic (exact) mass is 302 g/mol. The summed E-state index contributed by atoms with van der Waals surface area (Å²) in [6.45, 7) is 0.586. The van der Waals surface area contributed by atoms with Gasteiger partial charge in [-0.15, -0.1) is 0 Å². The summed E-state index contributed by atoms with van der Waals surface area (Å²) in [6, 6.07) is 2.57. The highest BCUT2D eigenvalue weighted by Crippen LogP contribution is 2.34. The summed E-state index contributed by atoms with van der Waals surface area (Å²) in [7, 11) is 0. The smallest absolute Gasteiger partial charge is 0.326 e. The number of carboxylic acid groups (broad SMARTS) is 1. The van der Waals surface area contributed by atoms with E-state index in [0.29, 0.717) is 18.7 Å². The predicted molar refractivity (Wildman–Crippen MR) is 66.5 cm³/mol. The summed E-state index contributed by atoms with van der Waals surface area (Å²) in [5, 5.41) is 9.07. The quantitative estimate of drug-likeness (QED) is 0.822. The first-order chi connectivity index (χ1) is 8.02. The van der Waals surface area contributed by atoms with Crippen molar-refractivity contribution in [2.24, 2.45) is 0 Å². The summed E-state index contributed by atoms with van der Waals surface area (Å²) in [6.07, 6.45) is 1.33. The van der Waals surface area contributed by atoms with Crippen molar-refractivity contribution in [3.05, 3.63) is 22.4 Å². The molecule has 1 heterocycles. The highest BCUT2D eigenvalue weighted by molar-refractivity contribution is 9.10. The van der Waals surface area contributed by atoms with Crippen LogP contribution in [0, 0.1) is 5.82 Å². The molecular weight excluding hydrogens is 291 g/mol. The van der Waals surface area contributed by atoms with Crippen LogP contribution in [0.25, 0.3) is 0 Å². The minimum absolute atomic E-state index is 0.00692. The molecule has 0 amide bonds. The van der Waals surface area contributed by atoms with Crippen molar-refractivity contribution in [3.8, 4) is 0 Å². The topological polar surface area (TPSA) is 66.6 Å². The fourth-order valence-electron chi connectivity index (χ4n) is 2.12. The molecule has 92 valence electrons. The normalized spacial score (nSPS) is 19.6. The van der Waals surface area contributed by atoms with Crippen LogP contribution in [0.1, 0.15) is 12.8 Å². The molecule has 0 radical (unpaired) electrons. The largest absolute Gasteiger partial charge is 0.480 e. The molecule has 2 rings (SSSR count). The highest BCUT2D eigenvalue weighted by Gasteiger charge is 2.32. The summed E-state index contributed by atoms with van der Waals surface area (Å²) in [5.41, 5.74) is 6.13. The van der Waals surface area contributed by atoms with Crippen LogP contribution in [0.2, 0.25) is 0 Å². The fraction of sp³-hybridized carbons (Fsp3) is 0.364. The second kappa shape index (κ2) is 4.52. The van der Waals surface area contributed by atoms with E-state index >= 15 is 0 Å². The van der Waals surface area contributed by atoms with Crippen molar-refractivity contribution in [1.29, 1.82) is 0 Å². The van der Waals surface area contributed by atoms with Gasteiger partial charge in [-0.05, 0) is 40.9 Å². The van der Waals surface area contributed by atoms with Crippen LogP contribution in [-0.2, 0) is 4.79 Å². The lowest BCUT2D eigenvalue weighted by molar-refractivity contribution is -0.138. The standard InChI is InChI=1S/C11H12BrFN2O2/c12-6-3-4-7(10(14)9(6)13)15-5-1-2-8(15)11(16)17/h3-4,8H,1-2,5,14H2,(H,16,17)/t8-/m0/s1. The van der Waals surface area contributed by atoms with Crippen LogP contribution in [0.5, 0.6) is 0 Å². The number of hydrogen-bond acceptors (Lipinski definition) is 3. The van der Waals surface area contributed by atoms with Crippen LogP contribution >= 0.6 is 15.9 Å². The van der Waals surface area contributed by atoms with Gasteiger partial charge in [0.05, 0.1) is 15.8 Å². The van der Waals surface area contributed by atoms with Crippen molar-refractivity contribution in [1.82, 2.24) is 0 Å². The Hall–Kier alpha value is -1.30. The van der Waals surface area contributed by atoms with E-state index in [1.807, 2.05) is 0 Å². The SMILES string of the molecule is Nc1c(N2CCC[C@H]2C(=O)O)ccc(Br)c1F. The molecule has 1 aromatic rings. The number of anilines is 2. The Labute approximate surface area is 106 Å². The molecule has 0 spiro atoms. The van der Waals surface area contributed by atoms with Crippen LogP contribution in [0.15, 0.2) is 16.6 Å². The minimum atomic E-state index is -0.898. The van der Waals surface area contributed by atoms with Crippen molar-refractivity contribution >= 4 is 33.3 Å². The van der Waals surface area contributed by atoms with Crippen LogP contribution < -0.4 is 10.6 Å². The zero-order chi connectivity index (χ0) is 12.6. The van der Waals surface area contributed by atoms with Gasteiger partial charge in [0.25, 0.3) is 0 Å². The Morgan fingerprint density at radius 3 is 2.94 bits per heavy atom. The lowest BCUT2D eigenvalue weighted by atomic mass is 10.2. The number of rotatable bonds is 2. The van der Waals surface area contributed by atoms with Crippen molar-refractivity contribution in [3.63, 3.8) is 0 Å². The third-order valence-electron chi connectivity index (χ3n) is 2.96. The number of benzene rings is 1. The summed E-state index contributed by atoms with van der Waals surface area (Å²) < 4.78 is 13.9. The van der Waals surface area contributed by atoms with Gasteiger partial charge in [-0.2, -0.15) is 0 Å². The molecule has 1 saturated heterocycles. The van der Waals surface area contributed by atoms with Crippen LogP contribution in [0.4, 0.5) is 15.8 Å². The molecule has 0 aliphatic carbocycles. The molecule has 6 heteroatoms. The zero-order valence-electron chi connectivity index (χ0n) is 8.99. The Morgan fingerprint density at radius 1 is 1.59 bits per heavy atom. The number of nitrogens with two attached hydrogens (primary N) is 1. The first-order valence-electron chi connectivity index (χ1n) is 5.25. The maximum absolute atomic E-state index is 13.6. The van der Waals surface area contributed by atoms with E-state index in [9.17, 15) is 9.18 Å². The van der Waals surface area contributed by atoms with E-state index < -0.39 is 17.8 Å². The predicted octanol–water partition coefficient (Wildman–Crippen LogP) is 2.22. The third-order valence-corrected chi connectivity index (χ3v) is 3.57. The lowest BCUT2D eigenvalue weighted by Crippen LogP contribution is -2.36. The van der Waals surface area contributed by atoms with Gasteiger partial charge >= 0.3 is 5.97 Å². The molecule has 1 aromatic carbocycles. The van der Waals surface area contributed by atoms with Gasteiger partial charge in [-0.1, -0.05) is 0 Å². The molecule has 17 heavy (non-hydrogen) atoms. The Bertz CT molecular complexity index is 467. The average molecular weight is 303 g/mol. The van der Waals surface area contributed by atoms with E-state index in [2.05, 4.69) is 15.9 Å². The molecule has 3 N–H and O–H groups in total. The average Bonchev–Trinajstić information content (AvgIpc) is 2.75. The maximum Gasteiger partial charge on any atom is 0.326 e. The van der Waals surface area contributed by atoms with Gasteiger partial charge in [-0.25, -0.2) is 9.18 Å². The third kappa shape index (κ3) is 2.09. The number of carboxylic acids is 1. The van der Waals surface area contributed by atoms with Gasteiger partial charge in [0.2, 0.25) is 0 Å². The molecule has 0 saturated carbocycles. The highest BCUT2D eigenvalue weighted by atomic mass is 79.9. The second-order valence-electron chi connectivity index (χ2n) is 3.98. The van der Waals surface area contributed by atoms with Crippen molar-refractivity contribution in [2.45, 2.75) is 18.9 Å². The van der Waals surface area contributed by atoms with Crippen molar-refractivity contribution in [2.75, 3.05) is 17.2 Å². The van der Waals surface area contributed by atoms with E-state index in [4.69, 9.17) is 10.8 Å². The molecular formula is C11H12BrFN2O2. The fourth-order valence-corrected chi connectivity index (χ4v) is 2.46. The zero-order valence-corrected chi connectivity index (χ0v) is 10.6. The molecule has 1 fully saturated rings. The van der Waals surface area contributed by atoms with Gasteiger partial charge in [-0.3, -0.25) is 0 Å².